The third kappa shape index (κ3) is 4.85. The van der Waals surface area contributed by atoms with Crippen LogP contribution in [0, 0.1) is 13.8 Å². The summed E-state index contributed by atoms with van der Waals surface area (Å²) in [5, 5.41) is 0. The third-order valence-corrected chi connectivity index (χ3v) is 3.04. The molecule has 0 spiro atoms. The van der Waals surface area contributed by atoms with Crippen molar-refractivity contribution in [1.82, 2.24) is 0 Å². The average Bonchev–Trinajstić information content (AvgIpc) is 2.51. The summed E-state index contributed by atoms with van der Waals surface area (Å²) in [5.41, 5.74) is 2.42. The first kappa shape index (κ1) is 16.5. The van der Waals surface area contributed by atoms with Crippen molar-refractivity contribution >= 4 is 11.9 Å². The molecule has 2 aromatic carbocycles. The van der Waals surface area contributed by atoms with Crippen LogP contribution in [0.1, 0.15) is 21.5 Å². The fourth-order valence-electron chi connectivity index (χ4n) is 2.12. The fraction of sp³-hybridized carbons (Fsp3) is 0.222. The summed E-state index contributed by atoms with van der Waals surface area (Å²) in [7, 11) is 1.29. The summed E-state index contributed by atoms with van der Waals surface area (Å²) in [6, 6.07) is 11.9. The van der Waals surface area contributed by atoms with Gasteiger partial charge in [-0.1, -0.05) is 12.1 Å². The number of carbonyl (C=O) groups is 2. The van der Waals surface area contributed by atoms with Gasteiger partial charge in [-0.3, -0.25) is 0 Å². The maximum atomic E-state index is 11.8. The van der Waals surface area contributed by atoms with Crippen LogP contribution in [-0.4, -0.2) is 25.7 Å². The Morgan fingerprint density at radius 3 is 2.30 bits per heavy atom. The van der Waals surface area contributed by atoms with Gasteiger partial charge in [0, 0.05) is 0 Å². The SMILES string of the molecule is COC(=O)c1cccc(OC(=O)COc2cc(C)cc(C)c2)c1. The molecule has 0 fully saturated rings. The second-order valence-electron chi connectivity index (χ2n) is 5.11. The van der Waals surface area contributed by atoms with Gasteiger partial charge in [-0.15, -0.1) is 0 Å². The molecule has 0 saturated heterocycles. The topological polar surface area (TPSA) is 61.8 Å². The molecule has 0 amide bonds. The Bertz CT molecular complexity index is 701. The Hall–Kier alpha value is -2.82. The fourth-order valence-corrected chi connectivity index (χ4v) is 2.12. The van der Waals surface area contributed by atoms with Gasteiger partial charge in [0.2, 0.25) is 0 Å². The monoisotopic (exact) mass is 314 g/mol. The number of aryl methyl sites for hydroxylation is 2. The average molecular weight is 314 g/mol. The molecule has 5 nitrogen and oxygen atoms in total. The molecule has 5 heteroatoms. The van der Waals surface area contributed by atoms with E-state index in [1.807, 2.05) is 32.0 Å². The van der Waals surface area contributed by atoms with E-state index in [4.69, 9.17) is 9.47 Å². The van der Waals surface area contributed by atoms with Crippen molar-refractivity contribution in [2.45, 2.75) is 13.8 Å². The lowest BCUT2D eigenvalue weighted by Gasteiger charge is -2.09. The van der Waals surface area contributed by atoms with Crippen molar-refractivity contribution in [3.8, 4) is 11.5 Å². The highest BCUT2D eigenvalue weighted by atomic mass is 16.6. The predicted octanol–water partition coefficient (Wildman–Crippen LogP) is 3.07. The first-order chi connectivity index (χ1) is 11.0. The summed E-state index contributed by atoms with van der Waals surface area (Å²) in [4.78, 5) is 23.3. The highest BCUT2D eigenvalue weighted by Crippen LogP contribution is 2.17. The molecule has 2 aromatic rings. The van der Waals surface area contributed by atoms with Crippen LogP contribution < -0.4 is 9.47 Å². The highest BCUT2D eigenvalue weighted by Gasteiger charge is 2.10. The van der Waals surface area contributed by atoms with E-state index < -0.39 is 11.9 Å². The van der Waals surface area contributed by atoms with Crippen molar-refractivity contribution in [3.63, 3.8) is 0 Å². The standard InChI is InChI=1S/C18H18O5/c1-12-7-13(2)9-16(8-12)22-11-17(19)23-15-6-4-5-14(10-15)18(20)21-3/h4-10H,11H2,1-3H3. The van der Waals surface area contributed by atoms with Gasteiger partial charge >= 0.3 is 11.9 Å². The Balaban J connectivity index is 1.96. The van der Waals surface area contributed by atoms with Gasteiger partial charge in [0.1, 0.15) is 11.5 Å². The second kappa shape index (κ2) is 7.45. The van der Waals surface area contributed by atoms with Gasteiger partial charge in [-0.25, -0.2) is 9.59 Å². The summed E-state index contributed by atoms with van der Waals surface area (Å²) < 4.78 is 15.2. The maximum Gasteiger partial charge on any atom is 0.349 e. The van der Waals surface area contributed by atoms with Crippen molar-refractivity contribution < 1.29 is 23.8 Å². The zero-order valence-electron chi connectivity index (χ0n) is 13.3. The van der Waals surface area contributed by atoms with Gasteiger partial charge in [-0.05, 0) is 55.3 Å². The van der Waals surface area contributed by atoms with E-state index in [9.17, 15) is 9.59 Å². The van der Waals surface area contributed by atoms with Gasteiger partial charge in [0.15, 0.2) is 6.61 Å². The molecule has 0 aliphatic heterocycles. The van der Waals surface area contributed by atoms with Crippen LogP contribution in [0.5, 0.6) is 11.5 Å². The van der Waals surface area contributed by atoms with Crippen molar-refractivity contribution in [1.29, 1.82) is 0 Å². The zero-order chi connectivity index (χ0) is 16.8. The number of esters is 2. The zero-order valence-corrected chi connectivity index (χ0v) is 13.3. The van der Waals surface area contributed by atoms with E-state index in [0.717, 1.165) is 11.1 Å². The Morgan fingerprint density at radius 1 is 0.957 bits per heavy atom. The quantitative estimate of drug-likeness (QED) is 0.627. The van der Waals surface area contributed by atoms with Crippen LogP contribution in [0.15, 0.2) is 42.5 Å². The van der Waals surface area contributed by atoms with Crippen LogP contribution in [0.2, 0.25) is 0 Å². The van der Waals surface area contributed by atoms with E-state index in [1.165, 1.54) is 13.2 Å². The third-order valence-electron chi connectivity index (χ3n) is 3.04. The minimum atomic E-state index is -0.550. The van der Waals surface area contributed by atoms with E-state index in [2.05, 4.69) is 4.74 Å². The number of hydrogen-bond donors (Lipinski definition) is 0. The van der Waals surface area contributed by atoms with Gasteiger partial charge in [0.25, 0.3) is 0 Å². The molecule has 2 rings (SSSR count). The summed E-state index contributed by atoms with van der Waals surface area (Å²) >= 11 is 0. The molecule has 0 atom stereocenters. The van der Waals surface area contributed by atoms with E-state index >= 15 is 0 Å². The molecule has 0 heterocycles. The van der Waals surface area contributed by atoms with Gasteiger partial charge in [0.05, 0.1) is 12.7 Å². The van der Waals surface area contributed by atoms with Gasteiger partial charge < -0.3 is 14.2 Å². The van der Waals surface area contributed by atoms with Crippen LogP contribution in [0.4, 0.5) is 0 Å². The van der Waals surface area contributed by atoms with Crippen molar-refractivity contribution in [3.05, 3.63) is 59.2 Å². The second-order valence-corrected chi connectivity index (χ2v) is 5.11. The van der Waals surface area contributed by atoms with E-state index in [-0.39, 0.29) is 12.4 Å². The van der Waals surface area contributed by atoms with E-state index in [1.54, 1.807) is 18.2 Å². The molecule has 0 radical (unpaired) electrons. The first-order valence-corrected chi connectivity index (χ1v) is 7.08. The predicted molar refractivity (Wildman–Crippen MR) is 84.8 cm³/mol. The van der Waals surface area contributed by atoms with Crippen LogP contribution in [0.3, 0.4) is 0 Å². The van der Waals surface area contributed by atoms with Crippen molar-refractivity contribution in [2.75, 3.05) is 13.7 Å². The minimum absolute atomic E-state index is 0.217. The van der Waals surface area contributed by atoms with Crippen LogP contribution in [-0.2, 0) is 9.53 Å². The van der Waals surface area contributed by atoms with Crippen LogP contribution in [0.25, 0.3) is 0 Å². The Morgan fingerprint density at radius 2 is 1.65 bits per heavy atom. The molecule has 0 aliphatic carbocycles. The number of rotatable bonds is 5. The normalized spacial score (nSPS) is 10.0. The van der Waals surface area contributed by atoms with E-state index in [0.29, 0.717) is 11.3 Å². The summed E-state index contributed by atoms with van der Waals surface area (Å²) in [6.45, 7) is 3.69. The number of benzene rings is 2. The van der Waals surface area contributed by atoms with Crippen molar-refractivity contribution in [2.24, 2.45) is 0 Å². The molecule has 0 aromatic heterocycles. The van der Waals surface area contributed by atoms with Crippen LogP contribution >= 0.6 is 0 Å². The molecule has 0 aliphatic rings. The summed E-state index contributed by atoms with van der Waals surface area (Å²) in [5.74, 6) is -0.162. The Kier molecular flexibility index (Phi) is 5.36. The molecular formula is C18H18O5. The molecule has 0 bridgehead atoms. The lowest BCUT2D eigenvalue weighted by molar-refractivity contribution is -0.136. The smallest absolute Gasteiger partial charge is 0.349 e. The number of carbonyl (C=O) groups excluding carboxylic acids is 2. The van der Waals surface area contributed by atoms with Gasteiger partial charge in [-0.2, -0.15) is 0 Å². The molecule has 0 unspecified atom stereocenters. The summed E-state index contributed by atoms with van der Waals surface area (Å²) in [6.07, 6.45) is 0. The maximum absolute atomic E-state index is 11.8. The molecule has 0 N–H and O–H groups in total. The lowest BCUT2D eigenvalue weighted by Crippen LogP contribution is -2.18. The molecular weight excluding hydrogens is 296 g/mol. The minimum Gasteiger partial charge on any atom is -0.482 e. The highest BCUT2D eigenvalue weighted by molar-refractivity contribution is 5.90. The number of ether oxygens (including phenoxy) is 3. The molecule has 120 valence electrons. The lowest BCUT2D eigenvalue weighted by atomic mass is 10.1. The molecule has 0 saturated carbocycles. The number of methoxy groups -OCH3 is 1. The number of hydrogen-bond acceptors (Lipinski definition) is 5. The largest absolute Gasteiger partial charge is 0.482 e. The first-order valence-electron chi connectivity index (χ1n) is 7.08. The Labute approximate surface area is 134 Å². The molecule has 23 heavy (non-hydrogen) atoms.